The van der Waals surface area contributed by atoms with Gasteiger partial charge in [0.2, 0.25) is 0 Å². The van der Waals surface area contributed by atoms with Crippen molar-refractivity contribution in [3.63, 3.8) is 0 Å². The summed E-state index contributed by atoms with van der Waals surface area (Å²) in [4.78, 5) is 23.2. The molecular formula is C9H7N3O3. The number of hydrogen-bond acceptors (Lipinski definition) is 3. The molecule has 0 saturated heterocycles. The first-order valence-corrected chi connectivity index (χ1v) is 4.16. The van der Waals surface area contributed by atoms with Gasteiger partial charge in [-0.25, -0.2) is 14.5 Å². The summed E-state index contributed by atoms with van der Waals surface area (Å²) < 4.78 is 4.95. The summed E-state index contributed by atoms with van der Waals surface area (Å²) in [5, 5.41) is 6.30. The molecular weight excluding hydrogens is 198 g/mol. The Morgan fingerprint density at radius 1 is 1.07 bits per heavy atom. The summed E-state index contributed by atoms with van der Waals surface area (Å²) in [6, 6.07) is 5.12. The number of methoxy groups -OCH3 is 1. The van der Waals surface area contributed by atoms with Crippen LogP contribution in [0.2, 0.25) is 0 Å². The Kier molecular flexibility index (Phi) is 2.17. The summed E-state index contributed by atoms with van der Waals surface area (Å²) >= 11 is 0. The zero-order chi connectivity index (χ0) is 10.8. The molecule has 6 heteroatoms. The van der Waals surface area contributed by atoms with Crippen molar-refractivity contribution in [1.82, 2.24) is 0 Å². The highest BCUT2D eigenvalue weighted by molar-refractivity contribution is 6.17. The Labute approximate surface area is 85.2 Å². The van der Waals surface area contributed by atoms with Crippen LogP contribution >= 0.6 is 0 Å². The molecule has 76 valence electrons. The van der Waals surface area contributed by atoms with E-state index in [9.17, 15) is 9.59 Å². The van der Waals surface area contributed by atoms with E-state index < -0.39 is 12.1 Å². The SMILES string of the molecule is COc1ccc(N2C(=O)N=NC2=O)cc1. The van der Waals surface area contributed by atoms with E-state index in [1.54, 1.807) is 24.3 Å². The van der Waals surface area contributed by atoms with E-state index in [4.69, 9.17) is 4.74 Å². The number of ether oxygens (including phenoxy) is 1. The maximum Gasteiger partial charge on any atom is 0.375 e. The van der Waals surface area contributed by atoms with Crippen molar-refractivity contribution in [3.8, 4) is 5.75 Å². The van der Waals surface area contributed by atoms with Crippen molar-refractivity contribution in [2.45, 2.75) is 0 Å². The predicted molar refractivity (Wildman–Crippen MR) is 51.1 cm³/mol. The van der Waals surface area contributed by atoms with Gasteiger partial charge in [-0.15, -0.1) is 0 Å². The van der Waals surface area contributed by atoms with Gasteiger partial charge in [0, 0.05) is 0 Å². The van der Waals surface area contributed by atoms with E-state index in [1.165, 1.54) is 7.11 Å². The number of anilines is 1. The molecule has 0 saturated carbocycles. The van der Waals surface area contributed by atoms with E-state index in [0.29, 0.717) is 11.4 Å². The highest BCUT2D eigenvalue weighted by Crippen LogP contribution is 2.22. The number of rotatable bonds is 2. The lowest BCUT2D eigenvalue weighted by molar-refractivity contribution is 0.249. The van der Waals surface area contributed by atoms with Crippen LogP contribution in [0, 0.1) is 0 Å². The first-order chi connectivity index (χ1) is 7.22. The molecule has 0 unspecified atom stereocenters. The maximum atomic E-state index is 11.2. The van der Waals surface area contributed by atoms with Crippen LogP contribution < -0.4 is 9.64 Å². The van der Waals surface area contributed by atoms with Crippen LogP contribution in [0.15, 0.2) is 34.5 Å². The lowest BCUT2D eigenvalue weighted by Gasteiger charge is -2.10. The van der Waals surface area contributed by atoms with Crippen molar-refractivity contribution in [1.29, 1.82) is 0 Å². The van der Waals surface area contributed by atoms with Gasteiger partial charge < -0.3 is 4.74 Å². The molecule has 4 amide bonds. The van der Waals surface area contributed by atoms with Crippen LogP contribution in [0.3, 0.4) is 0 Å². The van der Waals surface area contributed by atoms with Gasteiger partial charge in [0.25, 0.3) is 0 Å². The van der Waals surface area contributed by atoms with Gasteiger partial charge in [-0.2, -0.15) is 0 Å². The average Bonchev–Trinajstić information content (AvgIpc) is 2.59. The fourth-order valence-electron chi connectivity index (χ4n) is 1.21. The number of amides is 4. The van der Waals surface area contributed by atoms with Gasteiger partial charge in [-0.05, 0) is 24.3 Å². The second kappa shape index (κ2) is 3.49. The Bertz CT molecular complexity index is 420. The minimum Gasteiger partial charge on any atom is -0.497 e. The van der Waals surface area contributed by atoms with E-state index in [0.717, 1.165) is 4.90 Å². The third kappa shape index (κ3) is 1.56. The van der Waals surface area contributed by atoms with Crippen molar-refractivity contribution in [2.24, 2.45) is 10.2 Å². The molecule has 0 radical (unpaired) electrons. The smallest absolute Gasteiger partial charge is 0.375 e. The van der Waals surface area contributed by atoms with Gasteiger partial charge in [-0.1, -0.05) is 10.2 Å². The molecule has 1 heterocycles. The van der Waals surface area contributed by atoms with Crippen LogP contribution in [0.5, 0.6) is 5.75 Å². The van der Waals surface area contributed by atoms with E-state index in [-0.39, 0.29) is 0 Å². The summed E-state index contributed by atoms with van der Waals surface area (Å²) in [5.74, 6) is 0.645. The van der Waals surface area contributed by atoms with Crippen LogP contribution in [-0.4, -0.2) is 19.2 Å². The number of nitrogens with zero attached hydrogens (tertiary/aromatic N) is 3. The van der Waals surface area contributed by atoms with Crippen LogP contribution in [0.4, 0.5) is 15.3 Å². The minimum atomic E-state index is -0.676. The van der Waals surface area contributed by atoms with Crippen LogP contribution in [0.1, 0.15) is 0 Å². The average molecular weight is 205 g/mol. The molecule has 1 aromatic carbocycles. The molecule has 0 spiro atoms. The molecule has 1 aromatic rings. The minimum absolute atomic E-state index is 0.427. The molecule has 2 rings (SSSR count). The monoisotopic (exact) mass is 205 g/mol. The third-order valence-corrected chi connectivity index (χ3v) is 1.93. The number of benzene rings is 1. The summed E-state index contributed by atoms with van der Waals surface area (Å²) in [7, 11) is 1.53. The summed E-state index contributed by atoms with van der Waals surface area (Å²) in [6.45, 7) is 0. The lowest BCUT2D eigenvalue weighted by atomic mass is 10.3. The summed E-state index contributed by atoms with van der Waals surface area (Å²) in [6.07, 6.45) is 0. The predicted octanol–water partition coefficient (Wildman–Crippen LogP) is 2.21. The summed E-state index contributed by atoms with van der Waals surface area (Å²) in [5.41, 5.74) is 0.427. The standard InChI is InChI=1S/C9H7N3O3/c1-15-7-4-2-6(3-5-7)12-8(13)10-11-9(12)14/h2-5H,1H3. The van der Waals surface area contributed by atoms with Crippen molar-refractivity contribution < 1.29 is 14.3 Å². The molecule has 1 aliphatic rings. The van der Waals surface area contributed by atoms with Crippen LogP contribution in [0.25, 0.3) is 0 Å². The largest absolute Gasteiger partial charge is 0.497 e. The zero-order valence-corrected chi connectivity index (χ0v) is 7.88. The van der Waals surface area contributed by atoms with Gasteiger partial charge in [0.15, 0.2) is 0 Å². The lowest BCUT2D eigenvalue weighted by Crippen LogP contribution is -2.27. The quantitative estimate of drug-likeness (QED) is 0.742. The molecule has 6 nitrogen and oxygen atoms in total. The number of carbonyl (C=O) groups excluding carboxylic acids is 2. The Hall–Kier alpha value is -2.24. The fraction of sp³-hybridized carbons (Fsp3) is 0.111. The highest BCUT2D eigenvalue weighted by atomic mass is 16.5. The van der Waals surface area contributed by atoms with E-state index in [2.05, 4.69) is 10.2 Å². The van der Waals surface area contributed by atoms with Gasteiger partial charge in [0.05, 0.1) is 12.8 Å². The highest BCUT2D eigenvalue weighted by Gasteiger charge is 2.28. The molecule has 0 N–H and O–H groups in total. The first kappa shape index (κ1) is 9.32. The molecule has 0 atom stereocenters. The van der Waals surface area contributed by atoms with Crippen molar-refractivity contribution >= 4 is 17.7 Å². The Morgan fingerprint density at radius 2 is 1.60 bits per heavy atom. The fourth-order valence-corrected chi connectivity index (χ4v) is 1.21. The molecule has 0 aliphatic carbocycles. The molecule has 0 fully saturated rings. The third-order valence-electron chi connectivity index (χ3n) is 1.93. The van der Waals surface area contributed by atoms with Gasteiger partial charge >= 0.3 is 12.1 Å². The Balaban J connectivity index is 2.30. The number of imide groups is 1. The Morgan fingerprint density at radius 3 is 2.07 bits per heavy atom. The molecule has 15 heavy (non-hydrogen) atoms. The molecule has 0 bridgehead atoms. The topological polar surface area (TPSA) is 71.3 Å². The van der Waals surface area contributed by atoms with Crippen LogP contribution in [-0.2, 0) is 0 Å². The molecule has 1 aliphatic heterocycles. The second-order valence-corrected chi connectivity index (χ2v) is 2.80. The normalized spacial score (nSPS) is 14.9. The van der Waals surface area contributed by atoms with Crippen molar-refractivity contribution in [2.75, 3.05) is 12.0 Å². The molecule has 0 aromatic heterocycles. The van der Waals surface area contributed by atoms with E-state index in [1.807, 2.05) is 0 Å². The zero-order valence-electron chi connectivity index (χ0n) is 7.88. The number of carbonyl (C=O) groups is 2. The van der Waals surface area contributed by atoms with Gasteiger partial charge in [0.1, 0.15) is 5.75 Å². The second-order valence-electron chi connectivity index (χ2n) is 2.80. The first-order valence-electron chi connectivity index (χ1n) is 4.16. The van der Waals surface area contributed by atoms with Gasteiger partial charge in [-0.3, -0.25) is 0 Å². The van der Waals surface area contributed by atoms with E-state index >= 15 is 0 Å². The number of urea groups is 2. The van der Waals surface area contributed by atoms with Crippen molar-refractivity contribution in [3.05, 3.63) is 24.3 Å². The maximum absolute atomic E-state index is 11.2. The number of azo groups is 1. The number of hydrogen-bond donors (Lipinski definition) is 0.